The number of esters is 1. The maximum atomic E-state index is 13.0. The molecule has 3 rings (SSSR count). The molecule has 2 heterocycles. The van der Waals surface area contributed by atoms with E-state index in [4.69, 9.17) is 9.47 Å². The molecule has 2 aromatic heterocycles. The average molecular weight is 466 g/mol. The summed E-state index contributed by atoms with van der Waals surface area (Å²) >= 11 is 0. The number of ether oxygens (including phenoxy) is 2. The van der Waals surface area contributed by atoms with Crippen LogP contribution in [0.3, 0.4) is 0 Å². The van der Waals surface area contributed by atoms with Gasteiger partial charge in [-0.15, -0.1) is 0 Å². The van der Waals surface area contributed by atoms with Crippen LogP contribution in [0.25, 0.3) is 11.4 Å². The van der Waals surface area contributed by atoms with Gasteiger partial charge in [0.2, 0.25) is 5.75 Å². The second kappa shape index (κ2) is 10.5. The number of carbonyl (C=O) groups is 2. The molecule has 0 aliphatic carbocycles. The third kappa shape index (κ3) is 5.41. The number of aromatic nitrogens is 4. The summed E-state index contributed by atoms with van der Waals surface area (Å²) in [6.07, 6.45) is 1.42. The Kier molecular flexibility index (Phi) is 7.65. The van der Waals surface area contributed by atoms with Gasteiger partial charge in [-0.05, 0) is 18.4 Å². The van der Waals surface area contributed by atoms with Gasteiger partial charge >= 0.3 is 5.97 Å². The fraction of sp³-hybridized carbons (Fsp3) is 0.400. The number of pyridine rings is 1. The van der Waals surface area contributed by atoms with Crippen molar-refractivity contribution in [1.82, 2.24) is 25.1 Å². The summed E-state index contributed by atoms with van der Waals surface area (Å²) in [5.74, 6) is 0.388. The highest BCUT2D eigenvalue weighted by Crippen LogP contribution is 2.31. The van der Waals surface area contributed by atoms with E-state index in [1.807, 2.05) is 19.2 Å². The van der Waals surface area contributed by atoms with Gasteiger partial charge in [0.25, 0.3) is 5.91 Å². The number of aryl methyl sites for hydroxylation is 1. The van der Waals surface area contributed by atoms with Gasteiger partial charge in [0, 0.05) is 24.9 Å². The normalized spacial score (nSPS) is 12.0. The van der Waals surface area contributed by atoms with Crippen LogP contribution in [0.15, 0.2) is 36.5 Å². The van der Waals surface area contributed by atoms with Crippen molar-refractivity contribution in [3.05, 3.63) is 53.6 Å². The highest BCUT2D eigenvalue weighted by molar-refractivity contribution is 5.97. The minimum absolute atomic E-state index is 0.0201. The van der Waals surface area contributed by atoms with Gasteiger partial charge in [-0.25, -0.2) is 14.6 Å². The molecule has 34 heavy (non-hydrogen) atoms. The molecule has 0 spiro atoms. The van der Waals surface area contributed by atoms with Crippen LogP contribution in [-0.2, 0) is 11.8 Å². The van der Waals surface area contributed by atoms with Gasteiger partial charge in [0.05, 0.1) is 19.1 Å². The fourth-order valence-electron chi connectivity index (χ4n) is 3.26. The number of benzene rings is 1. The molecule has 1 aromatic carbocycles. The van der Waals surface area contributed by atoms with Crippen LogP contribution < -0.4 is 14.8 Å². The topological polar surface area (TPSA) is 108 Å². The lowest BCUT2D eigenvalue weighted by atomic mass is 10.0. The number of nitrogens with one attached hydrogen (secondary N) is 1. The van der Waals surface area contributed by atoms with E-state index in [0.29, 0.717) is 17.6 Å². The van der Waals surface area contributed by atoms with Crippen molar-refractivity contribution in [3.63, 3.8) is 0 Å². The summed E-state index contributed by atoms with van der Waals surface area (Å²) in [5, 5.41) is 7.32. The van der Waals surface area contributed by atoms with E-state index >= 15 is 0 Å². The van der Waals surface area contributed by atoms with Gasteiger partial charge in [-0.1, -0.05) is 52.0 Å². The Labute approximate surface area is 199 Å². The highest BCUT2D eigenvalue weighted by Gasteiger charge is 2.25. The Morgan fingerprint density at radius 3 is 2.29 bits per heavy atom. The number of hydrogen-bond acceptors (Lipinski definition) is 7. The van der Waals surface area contributed by atoms with Crippen LogP contribution in [0.5, 0.6) is 11.5 Å². The van der Waals surface area contributed by atoms with Gasteiger partial charge in [-0.2, -0.15) is 5.10 Å². The molecular weight excluding hydrogens is 434 g/mol. The lowest BCUT2D eigenvalue weighted by molar-refractivity contribution is -0.137. The summed E-state index contributed by atoms with van der Waals surface area (Å²) in [5.41, 5.74) is 2.12. The molecule has 180 valence electrons. The Bertz CT molecular complexity index is 1170. The maximum Gasteiger partial charge on any atom is 0.313 e. The Morgan fingerprint density at radius 1 is 1.03 bits per heavy atom. The Hall–Kier alpha value is -3.75. The van der Waals surface area contributed by atoms with E-state index < -0.39 is 17.9 Å². The third-order valence-electron chi connectivity index (χ3n) is 5.33. The first-order valence-corrected chi connectivity index (χ1v) is 11.2. The summed E-state index contributed by atoms with van der Waals surface area (Å²) in [7, 11) is 3.24. The molecule has 0 unspecified atom stereocenters. The number of rotatable bonds is 8. The second-order valence-corrected chi connectivity index (χ2v) is 8.66. The van der Waals surface area contributed by atoms with E-state index in [-0.39, 0.29) is 23.1 Å². The standard InChI is InChI=1S/C25H31N5O4/c1-14(2)17-8-10-18(11-9-17)23-28-22(29-30(23)6)16(5)27-24(31)20-21(34-25(32)15(3)4)19(33-7)12-13-26-20/h8-16H,1-7H3,(H,27,31)/t16-/m0/s1. The first-order chi connectivity index (χ1) is 16.1. The van der Waals surface area contributed by atoms with Crippen molar-refractivity contribution in [2.75, 3.05) is 7.11 Å². The first-order valence-electron chi connectivity index (χ1n) is 11.2. The van der Waals surface area contributed by atoms with Crippen LogP contribution in [0.1, 0.15) is 68.5 Å². The van der Waals surface area contributed by atoms with Gasteiger partial charge < -0.3 is 14.8 Å². The molecule has 9 heteroatoms. The minimum atomic E-state index is -0.534. The van der Waals surface area contributed by atoms with Crippen LogP contribution in [-0.4, -0.2) is 38.7 Å². The van der Waals surface area contributed by atoms with Crippen LogP contribution in [0.4, 0.5) is 0 Å². The van der Waals surface area contributed by atoms with E-state index in [1.165, 1.54) is 24.9 Å². The summed E-state index contributed by atoms with van der Waals surface area (Å²) < 4.78 is 12.4. The van der Waals surface area contributed by atoms with Crippen molar-refractivity contribution in [3.8, 4) is 22.9 Å². The van der Waals surface area contributed by atoms with E-state index in [0.717, 1.165) is 5.56 Å². The maximum absolute atomic E-state index is 13.0. The number of carbonyl (C=O) groups excluding carboxylic acids is 2. The second-order valence-electron chi connectivity index (χ2n) is 8.66. The van der Waals surface area contributed by atoms with Crippen molar-refractivity contribution in [2.24, 2.45) is 13.0 Å². The lowest BCUT2D eigenvalue weighted by Crippen LogP contribution is -2.29. The zero-order valence-corrected chi connectivity index (χ0v) is 20.6. The van der Waals surface area contributed by atoms with Gasteiger partial charge in [0.1, 0.15) is 0 Å². The summed E-state index contributed by atoms with van der Waals surface area (Å²) in [6, 6.07) is 9.19. The molecule has 0 aliphatic heterocycles. The molecule has 0 fully saturated rings. The van der Waals surface area contributed by atoms with Crippen molar-refractivity contribution in [1.29, 1.82) is 0 Å². The molecule has 0 saturated heterocycles. The van der Waals surface area contributed by atoms with Gasteiger partial charge in [-0.3, -0.25) is 9.59 Å². The molecule has 1 amide bonds. The third-order valence-corrected chi connectivity index (χ3v) is 5.33. The van der Waals surface area contributed by atoms with Crippen LogP contribution in [0.2, 0.25) is 0 Å². The zero-order valence-electron chi connectivity index (χ0n) is 20.6. The first kappa shape index (κ1) is 24.9. The molecule has 0 aliphatic rings. The number of nitrogens with zero attached hydrogens (tertiary/aromatic N) is 4. The lowest BCUT2D eigenvalue weighted by Gasteiger charge is -2.15. The van der Waals surface area contributed by atoms with Crippen LogP contribution in [0, 0.1) is 5.92 Å². The molecule has 0 bridgehead atoms. The monoisotopic (exact) mass is 465 g/mol. The molecule has 3 aromatic rings. The fourth-order valence-corrected chi connectivity index (χ4v) is 3.26. The van der Waals surface area contributed by atoms with E-state index in [2.05, 4.69) is 46.4 Å². The molecule has 1 N–H and O–H groups in total. The highest BCUT2D eigenvalue weighted by atomic mass is 16.6. The summed E-state index contributed by atoms with van der Waals surface area (Å²) in [6.45, 7) is 9.47. The largest absolute Gasteiger partial charge is 0.493 e. The van der Waals surface area contributed by atoms with Crippen molar-refractivity contribution < 1.29 is 19.1 Å². The predicted molar refractivity (Wildman–Crippen MR) is 128 cm³/mol. The summed E-state index contributed by atoms with van der Waals surface area (Å²) in [4.78, 5) is 34.0. The van der Waals surface area contributed by atoms with Crippen molar-refractivity contribution in [2.45, 2.75) is 46.6 Å². The zero-order chi connectivity index (χ0) is 25.0. The van der Waals surface area contributed by atoms with Crippen LogP contribution >= 0.6 is 0 Å². The smallest absolute Gasteiger partial charge is 0.313 e. The molecular formula is C25H31N5O4. The SMILES string of the molecule is COc1ccnc(C(=O)N[C@@H](C)c2nc(-c3ccc(C(C)C)cc3)n(C)n2)c1OC(=O)C(C)C. The average Bonchev–Trinajstić information content (AvgIpc) is 3.20. The Morgan fingerprint density at radius 2 is 1.71 bits per heavy atom. The molecule has 0 saturated carbocycles. The molecule has 9 nitrogen and oxygen atoms in total. The van der Waals surface area contributed by atoms with Gasteiger partial charge in [0.15, 0.2) is 23.1 Å². The van der Waals surface area contributed by atoms with E-state index in [1.54, 1.807) is 25.5 Å². The molecule has 0 radical (unpaired) electrons. The van der Waals surface area contributed by atoms with Crippen molar-refractivity contribution >= 4 is 11.9 Å². The number of hydrogen-bond donors (Lipinski definition) is 1. The number of amides is 1. The molecule has 1 atom stereocenters. The Balaban J connectivity index is 1.83. The quantitative estimate of drug-likeness (QED) is 0.500. The minimum Gasteiger partial charge on any atom is -0.493 e. The van der Waals surface area contributed by atoms with E-state index in [9.17, 15) is 9.59 Å². The predicted octanol–water partition coefficient (Wildman–Crippen LogP) is 4.06. The number of methoxy groups -OCH3 is 1.